The fourth-order valence-electron chi connectivity index (χ4n) is 1.14. The molecular weight excluding hydrogens is 255 g/mol. The highest BCUT2D eigenvalue weighted by Crippen LogP contribution is 2.25. The van der Waals surface area contributed by atoms with Gasteiger partial charge in [0.05, 0.1) is 4.47 Å². The fourth-order valence-corrected chi connectivity index (χ4v) is 1.50. The summed E-state index contributed by atoms with van der Waals surface area (Å²) in [5.41, 5.74) is 0.225. The number of carboxylic acid groups (broad SMARTS) is 1. The minimum absolute atomic E-state index is 0.197. The summed E-state index contributed by atoms with van der Waals surface area (Å²) in [7, 11) is 0. The van der Waals surface area contributed by atoms with Crippen molar-refractivity contribution in [1.29, 1.82) is 0 Å². The average Bonchev–Trinajstić information content (AvgIpc) is 2.48. The molecule has 72 valence electrons. The van der Waals surface area contributed by atoms with Crippen LogP contribution in [0.5, 0.6) is 0 Å². The Morgan fingerprint density at radius 3 is 2.79 bits per heavy atom. The first-order chi connectivity index (χ1) is 6.58. The average molecular weight is 259 g/mol. The van der Waals surface area contributed by atoms with Gasteiger partial charge in [0.25, 0.3) is 0 Å². The molecule has 14 heavy (non-hydrogen) atoms. The van der Waals surface area contributed by atoms with Crippen LogP contribution in [0, 0.1) is 5.82 Å². The Balaban J connectivity index is 2.72. The van der Waals surface area contributed by atoms with E-state index in [1.807, 2.05) is 0 Å². The second kappa shape index (κ2) is 3.09. The van der Waals surface area contributed by atoms with E-state index in [0.29, 0.717) is 5.39 Å². The van der Waals surface area contributed by atoms with Crippen molar-refractivity contribution in [3.63, 3.8) is 0 Å². The third-order valence-corrected chi connectivity index (χ3v) is 2.38. The van der Waals surface area contributed by atoms with E-state index in [2.05, 4.69) is 15.9 Å². The molecular formula is C9H4BrFO3. The lowest BCUT2D eigenvalue weighted by Crippen LogP contribution is -1.91. The summed E-state index contributed by atoms with van der Waals surface area (Å²) in [6, 6.07) is 3.97. The third kappa shape index (κ3) is 1.39. The van der Waals surface area contributed by atoms with Gasteiger partial charge in [0.15, 0.2) is 0 Å². The molecule has 0 radical (unpaired) electrons. The normalized spacial score (nSPS) is 10.7. The standard InChI is InChI=1S/C9H4BrFO3/c10-5-1-4-2-8(9(12)13)14-7(4)3-6(5)11/h1-3H,(H,12,13). The second-order valence-corrected chi connectivity index (χ2v) is 3.57. The van der Waals surface area contributed by atoms with E-state index in [9.17, 15) is 9.18 Å². The molecule has 5 heteroatoms. The molecule has 1 aromatic carbocycles. The lowest BCUT2D eigenvalue weighted by Gasteiger charge is -1.92. The Morgan fingerprint density at radius 2 is 2.14 bits per heavy atom. The van der Waals surface area contributed by atoms with Gasteiger partial charge in [-0.1, -0.05) is 0 Å². The van der Waals surface area contributed by atoms with Crippen LogP contribution in [0.15, 0.2) is 27.1 Å². The van der Waals surface area contributed by atoms with E-state index < -0.39 is 11.8 Å². The number of furan rings is 1. The summed E-state index contributed by atoms with van der Waals surface area (Å²) in [4.78, 5) is 10.5. The maximum Gasteiger partial charge on any atom is 0.371 e. The zero-order chi connectivity index (χ0) is 10.3. The monoisotopic (exact) mass is 258 g/mol. The quantitative estimate of drug-likeness (QED) is 0.856. The van der Waals surface area contributed by atoms with Gasteiger partial charge in [-0.3, -0.25) is 0 Å². The number of aromatic carboxylic acids is 1. The molecule has 3 nitrogen and oxygen atoms in total. The van der Waals surface area contributed by atoms with Crippen LogP contribution in [0.4, 0.5) is 4.39 Å². The summed E-state index contributed by atoms with van der Waals surface area (Å²) in [6.07, 6.45) is 0. The van der Waals surface area contributed by atoms with Gasteiger partial charge in [-0.25, -0.2) is 9.18 Å². The molecule has 1 heterocycles. The van der Waals surface area contributed by atoms with Crippen molar-refractivity contribution in [2.75, 3.05) is 0 Å². The molecule has 0 saturated heterocycles. The van der Waals surface area contributed by atoms with Crippen LogP contribution in [0.25, 0.3) is 11.0 Å². The summed E-state index contributed by atoms with van der Waals surface area (Å²) in [6.45, 7) is 0. The fraction of sp³-hybridized carbons (Fsp3) is 0. The summed E-state index contributed by atoms with van der Waals surface area (Å²) in [5, 5.41) is 9.18. The molecule has 0 saturated carbocycles. The van der Waals surface area contributed by atoms with Crippen molar-refractivity contribution in [1.82, 2.24) is 0 Å². The SMILES string of the molecule is O=C(O)c1cc2cc(Br)c(F)cc2o1. The Kier molecular flexibility index (Phi) is 2.03. The van der Waals surface area contributed by atoms with Gasteiger partial charge in [-0.05, 0) is 28.1 Å². The van der Waals surface area contributed by atoms with Crippen LogP contribution in [0.3, 0.4) is 0 Å². The van der Waals surface area contributed by atoms with Crippen molar-refractivity contribution >= 4 is 32.9 Å². The predicted octanol–water partition coefficient (Wildman–Crippen LogP) is 3.03. The van der Waals surface area contributed by atoms with Gasteiger partial charge in [0.2, 0.25) is 5.76 Å². The third-order valence-electron chi connectivity index (χ3n) is 1.77. The molecule has 0 fully saturated rings. The van der Waals surface area contributed by atoms with Crippen LogP contribution in [-0.2, 0) is 0 Å². The lowest BCUT2D eigenvalue weighted by atomic mass is 10.2. The predicted molar refractivity (Wildman–Crippen MR) is 50.8 cm³/mol. The van der Waals surface area contributed by atoms with E-state index in [4.69, 9.17) is 9.52 Å². The molecule has 0 atom stereocenters. The Hall–Kier alpha value is -1.36. The highest BCUT2D eigenvalue weighted by Gasteiger charge is 2.12. The first-order valence-electron chi connectivity index (χ1n) is 3.70. The zero-order valence-electron chi connectivity index (χ0n) is 6.75. The largest absolute Gasteiger partial charge is 0.475 e. The maximum absolute atomic E-state index is 13.0. The van der Waals surface area contributed by atoms with Gasteiger partial charge in [-0.2, -0.15) is 0 Å². The molecule has 2 rings (SSSR count). The lowest BCUT2D eigenvalue weighted by molar-refractivity contribution is 0.0665. The van der Waals surface area contributed by atoms with Crippen LogP contribution < -0.4 is 0 Å². The van der Waals surface area contributed by atoms with Gasteiger partial charge in [-0.15, -0.1) is 0 Å². The van der Waals surface area contributed by atoms with Crippen LogP contribution in [0.2, 0.25) is 0 Å². The molecule has 0 spiro atoms. The molecule has 1 aromatic heterocycles. The maximum atomic E-state index is 13.0. The number of halogens is 2. The van der Waals surface area contributed by atoms with Crippen molar-refractivity contribution in [3.05, 3.63) is 34.2 Å². The molecule has 0 aliphatic heterocycles. The summed E-state index contributed by atoms with van der Waals surface area (Å²) < 4.78 is 18.2. The molecule has 0 bridgehead atoms. The van der Waals surface area contributed by atoms with Crippen molar-refractivity contribution in [2.45, 2.75) is 0 Å². The van der Waals surface area contributed by atoms with E-state index in [1.165, 1.54) is 12.1 Å². The molecule has 0 amide bonds. The Bertz CT molecular complexity index is 479. The molecule has 2 aromatic rings. The van der Waals surface area contributed by atoms with Crippen LogP contribution in [-0.4, -0.2) is 11.1 Å². The Morgan fingerprint density at radius 1 is 1.43 bits per heavy atom. The first-order valence-corrected chi connectivity index (χ1v) is 4.49. The van der Waals surface area contributed by atoms with E-state index in [0.717, 1.165) is 6.07 Å². The number of rotatable bonds is 1. The van der Waals surface area contributed by atoms with E-state index >= 15 is 0 Å². The minimum atomic E-state index is -1.17. The zero-order valence-corrected chi connectivity index (χ0v) is 8.34. The van der Waals surface area contributed by atoms with Crippen molar-refractivity contribution < 1.29 is 18.7 Å². The van der Waals surface area contributed by atoms with E-state index in [1.54, 1.807) is 0 Å². The Labute approximate surface area is 86.3 Å². The minimum Gasteiger partial charge on any atom is -0.475 e. The van der Waals surface area contributed by atoms with E-state index in [-0.39, 0.29) is 15.8 Å². The first kappa shape index (κ1) is 9.21. The number of carboxylic acids is 1. The topological polar surface area (TPSA) is 50.4 Å². The van der Waals surface area contributed by atoms with Crippen LogP contribution >= 0.6 is 15.9 Å². The summed E-state index contributed by atoms with van der Waals surface area (Å²) >= 11 is 3.00. The summed E-state index contributed by atoms with van der Waals surface area (Å²) in [5.74, 6) is -1.85. The number of carbonyl (C=O) groups is 1. The smallest absolute Gasteiger partial charge is 0.371 e. The number of hydrogen-bond donors (Lipinski definition) is 1. The molecule has 1 N–H and O–H groups in total. The molecule has 0 aliphatic carbocycles. The second-order valence-electron chi connectivity index (χ2n) is 2.72. The highest BCUT2D eigenvalue weighted by atomic mass is 79.9. The number of hydrogen-bond acceptors (Lipinski definition) is 2. The van der Waals surface area contributed by atoms with Gasteiger partial charge >= 0.3 is 5.97 Å². The van der Waals surface area contributed by atoms with Crippen molar-refractivity contribution in [3.8, 4) is 0 Å². The highest BCUT2D eigenvalue weighted by molar-refractivity contribution is 9.10. The number of benzene rings is 1. The molecule has 0 aliphatic rings. The van der Waals surface area contributed by atoms with Crippen LogP contribution in [0.1, 0.15) is 10.6 Å². The molecule has 0 unspecified atom stereocenters. The van der Waals surface area contributed by atoms with Crippen molar-refractivity contribution in [2.24, 2.45) is 0 Å². The number of fused-ring (bicyclic) bond motifs is 1. The van der Waals surface area contributed by atoms with Gasteiger partial charge in [0.1, 0.15) is 11.4 Å². The van der Waals surface area contributed by atoms with Gasteiger partial charge in [0, 0.05) is 11.5 Å². The van der Waals surface area contributed by atoms with Gasteiger partial charge < -0.3 is 9.52 Å².